The zero-order valence-electron chi connectivity index (χ0n) is 20.3. The van der Waals surface area contributed by atoms with Gasteiger partial charge in [-0.25, -0.2) is 18.3 Å². The molecule has 0 saturated carbocycles. The number of hydrogen-bond acceptors (Lipinski definition) is 4. The maximum atomic E-state index is 13.9. The first-order valence-electron chi connectivity index (χ1n) is 11.4. The van der Waals surface area contributed by atoms with Gasteiger partial charge in [0.2, 0.25) is 0 Å². The summed E-state index contributed by atoms with van der Waals surface area (Å²) in [4.78, 5) is 17.3. The number of amides is 1. The fraction of sp³-hybridized carbons (Fsp3) is 0.154. The topological polar surface area (TPSA) is 77.1 Å². The van der Waals surface area contributed by atoms with Gasteiger partial charge in [0.15, 0.2) is 17.0 Å². The van der Waals surface area contributed by atoms with Gasteiger partial charge in [-0.05, 0) is 61.9 Å². The largest absolute Gasteiger partial charge is 0.433 e. The van der Waals surface area contributed by atoms with E-state index in [-0.39, 0.29) is 34.2 Å². The molecule has 0 aliphatic rings. The SMILES string of the molecule is Cc1nn(Cc2ccc(F)cc2Cl)c(C)c1NC(=O)c1cc2nc(-c3ccc(F)cc3)cc(C(F)(F)F)n2n1. The molecule has 0 atom stereocenters. The Morgan fingerprint density at radius 2 is 1.67 bits per heavy atom. The summed E-state index contributed by atoms with van der Waals surface area (Å²) < 4.78 is 70.4. The predicted octanol–water partition coefficient (Wildman–Crippen LogP) is 6.46. The van der Waals surface area contributed by atoms with Gasteiger partial charge in [0.05, 0.1) is 29.3 Å². The maximum Gasteiger partial charge on any atom is 0.433 e. The molecule has 5 aromatic rings. The van der Waals surface area contributed by atoms with E-state index in [4.69, 9.17) is 11.6 Å². The molecule has 2 aromatic carbocycles. The van der Waals surface area contributed by atoms with Crippen LogP contribution in [0.4, 0.5) is 27.6 Å². The lowest BCUT2D eigenvalue weighted by atomic mass is 10.1. The molecule has 0 spiro atoms. The van der Waals surface area contributed by atoms with E-state index in [2.05, 4.69) is 20.5 Å². The monoisotopic (exact) mass is 560 g/mol. The predicted molar refractivity (Wildman–Crippen MR) is 134 cm³/mol. The fourth-order valence-electron chi connectivity index (χ4n) is 4.08. The number of benzene rings is 2. The number of halogens is 6. The molecule has 0 aliphatic heterocycles. The average Bonchev–Trinajstić information content (AvgIpc) is 3.41. The number of nitrogens with one attached hydrogen (secondary N) is 1. The van der Waals surface area contributed by atoms with Crippen molar-refractivity contribution in [2.24, 2.45) is 0 Å². The summed E-state index contributed by atoms with van der Waals surface area (Å²) in [6, 6.07) is 10.7. The van der Waals surface area contributed by atoms with E-state index in [1.807, 2.05) is 0 Å². The van der Waals surface area contributed by atoms with Crippen molar-refractivity contribution >= 4 is 28.8 Å². The van der Waals surface area contributed by atoms with Crippen molar-refractivity contribution < 1.29 is 26.7 Å². The van der Waals surface area contributed by atoms with Crippen LogP contribution in [0, 0.1) is 25.5 Å². The molecule has 200 valence electrons. The molecule has 5 rings (SSSR count). The molecule has 0 fully saturated rings. The normalized spacial score (nSPS) is 11.8. The summed E-state index contributed by atoms with van der Waals surface area (Å²) in [5.74, 6) is -1.80. The average molecular weight is 561 g/mol. The highest BCUT2D eigenvalue weighted by Gasteiger charge is 2.36. The molecular formula is C26H18ClF5N6O. The van der Waals surface area contributed by atoms with Crippen molar-refractivity contribution in [3.63, 3.8) is 0 Å². The van der Waals surface area contributed by atoms with Crippen LogP contribution in [-0.2, 0) is 12.7 Å². The summed E-state index contributed by atoms with van der Waals surface area (Å²) in [5.41, 5.74) is 0.443. The van der Waals surface area contributed by atoms with E-state index < -0.39 is 29.4 Å². The first kappa shape index (κ1) is 26.3. The van der Waals surface area contributed by atoms with Crippen LogP contribution in [0.15, 0.2) is 54.6 Å². The van der Waals surface area contributed by atoms with E-state index in [1.54, 1.807) is 18.5 Å². The highest BCUT2D eigenvalue weighted by molar-refractivity contribution is 6.31. The molecule has 0 radical (unpaired) electrons. The Morgan fingerprint density at radius 1 is 0.974 bits per heavy atom. The molecule has 3 aromatic heterocycles. The van der Waals surface area contributed by atoms with Gasteiger partial charge < -0.3 is 5.32 Å². The minimum absolute atomic E-state index is 0.0610. The van der Waals surface area contributed by atoms with Crippen molar-refractivity contribution in [3.8, 4) is 11.3 Å². The number of anilines is 1. The third-order valence-electron chi connectivity index (χ3n) is 6.05. The van der Waals surface area contributed by atoms with Crippen molar-refractivity contribution in [3.05, 3.63) is 99.6 Å². The molecule has 7 nitrogen and oxygen atoms in total. The first-order valence-corrected chi connectivity index (χ1v) is 11.8. The van der Waals surface area contributed by atoms with Crippen molar-refractivity contribution in [1.82, 2.24) is 24.4 Å². The maximum absolute atomic E-state index is 13.9. The Morgan fingerprint density at radius 3 is 2.33 bits per heavy atom. The van der Waals surface area contributed by atoms with Gasteiger partial charge in [-0.1, -0.05) is 17.7 Å². The van der Waals surface area contributed by atoms with E-state index >= 15 is 0 Å². The summed E-state index contributed by atoms with van der Waals surface area (Å²) in [5, 5.41) is 11.1. The lowest BCUT2D eigenvalue weighted by molar-refractivity contribution is -0.142. The molecule has 1 N–H and O–H groups in total. The lowest BCUT2D eigenvalue weighted by Gasteiger charge is -2.11. The number of nitrogens with zero attached hydrogens (tertiary/aromatic N) is 5. The van der Waals surface area contributed by atoms with E-state index in [9.17, 15) is 26.7 Å². The number of carbonyl (C=O) groups is 1. The second-order valence-corrected chi connectivity index (χ2v) is 9.13. The molecule has 0 unspecified atom stereocenters. The smallest absolute Gasteiger partial charge is 0.317 e. The van der Waals surface area contributed by atoms with Gasteiger partial charge in [-0.15, -0.1) is 0 Å². The molecule has 39 heavy (non-hydrogen) atoms. The minimum atomic E-state index is -4.81. The number of fused-ring (bicyclic) bond motifs is 1. The lowest BCUT2D eigenvalue weighted by Crippen LogP contribution is -2.16. The van der Waals surface area contributed by atoms with Gasteiger partial charge >= 0.3 is 6.18 Å². The molecule has 1 amide bonds. The standard InChI is InChI=1S/C26H18ClF5N6O/c1-13-24(14(2)37(35-13)12-16-5-8-18(29)9-19(16)27)34-25(39)21-11-23-33-20(15-3-6-17(28)7-4-15)10-22(26(30,31)32)38(23)36-21/h3-11H,12H2,1-2H3,(H,34,39). The summed E-state index contributed by atoms with van der Waals surface area (Å²) in [7, 11) is 0. The number of rotatable bonds is 5. The quantitative estimate of drug-likeness (QED) is 0.250. The Labute approximate surface area is 222 Å². The van der Waals surface area contributed by atoms with Crippen molar-refractivity contribution in [2.45, 2.75) is 26.6 Å². The zero-order valence-corrected chi connectivity index (χ0v) is 21.1. The summed E-state index contributed by atoms with van der Waals surface area (Å²) in [6.45, 7) is 3.53. The number of alkyl halides is 3. The summed E-state index contributed by atoms with van der Waals surface area (Å²) in [6.07, 6.45) is -4.81. The first-order chi connectivity index (χ1) is 18.4. The summed E-state index contributed by atoms with van der Waals surface area (Å²) >= 11 is 6.12. The Hall–Kier alpha value is -4.32. The van der Waals surface area contributed by atoms with Crippen LogP contribution in [0.5, 0.6) is 0 Å². The molecule has 0 saturated heterocycles. The van der Waals surface area contributed by atoms with Crippen LogP contribution in [0.25, 0.3) is 16.9 Å². The highest BCUT2D eigenvalue weighted by Crippen LogP contribution is 2.32. The number of aromatic nitrogens is 5. The van der Waals surface area contributed by atoms with Crippen LogP contribution in [-0.4, -0.2) is 30.3 Å². The molecule has 13 heteroatoms. The van der Waals surface area contributed by atoms with Crippen molar-refractivity contribution in [1.29, 1.82) is 0 Å². The Balaban J connectivity index is 1.47. The van der Waals surface area contributed by atoms with Gasteiger partial charge in [0.25, 0.3) is 5.91 Å². The highest BCUT2D eigenvalue weighted by atomic mass is 35.5. The number of aryl methyl sites for hydroxylation is 1. The van der Waals surface area contributed by atoms with Crippen LogP contribution in [0.3, 0.4) is 0 Å². The fourth-order valence-corrected chi connectivity index (χ4v) is 4.30. The van der Waals surface area contributed by atoms with Gasteiger partial charge in [0.1, 0.15) is 11.6 Å². The second kappa shape index (κ2) is 9.77. The third-order valence-corrected chi connectivity index (χ3v) is 6.40. The van der Waals surface area contributed by atoms with Crippen LogP contribution < -0.4 is 5.32 Å². The Bertz CT molecular complexity index is 1730. The van der Waals surface area contributed by atoms with Gasteiger partial charge in [-0.2, -0.15) is 23.4 Å². The van der Waals surface area contributed by atoms with E-state index in [1.165, 1.54) is 30.3 Å². The van der Waals surface area contributed by atoms with Crippen LogP contribution >= 0.6 is 11.6 Å². The van der Waals surface area contributed by atoms with Crippen molar-refractivity contribution in [2.75, 3.05) is 5.32 Å². The number of carbonyl (C=O) groups excluding carboxylic acids is 1. The van der Waals surface area contributed by atoms with Crippen LogP contribution in [0.2, 0.25) is 5.02 Å². The zero-order chi connectivity index (χ0) is 28.1. The Kier molecular flexibility index (Phi) is 6.59. The number of hydrogen-bond donors (Lipinski definition) is 1. The third kappa shape index (κ3) is 5.19. The van der Waals surface area contributed by atoms with E-state index in [0.717, 1.165) is 24.3 Å². The molecular weight excluding hydrogens is 543 g/mol. The molecule has 0 aliphatic carbocycles. The molecule has 3 heterocycles. The van der Waals surface area contributed by atoms with E-state index in [0.29, 0.717) is 27.2 Å². The second-order valence-electron chi connectivity index (χ2n) is 8.72. The minimum Gasteiger partial charge on any atom is -0.317 e. The van der Waals surface area contributed by atoms with Crippen LogP contribution in [0.1, 0.15) is 33.1 Å². The van der Waals surface area contributed by atoms with Gasteiger partial charge in [0, 0.05) is 16.7 Å². The van der Waals surface area contributed by atoms with Gasteiger partial charge in [-0.3, -0.25) is 9.48 Å². The molecule has 0 bridgehead atoms.